The minimum atomic E-state index is -0.521. The van der Waals surface area contributed by atoms with Crippen molar-refractivity contribution in [3.8, 4) is 11.5 Å². The van der Waals surface area contributed by atoms with Crippen LogP contribution in [0.25, 0.3) is 0 Å². The molecule has 1 saturated heterocycles. The number of ether oxygens (including phenoxy) is 2. The number of anilines is 1. The van der Waals surface area contributed by atoms with E-state index in [1.165, 1.54) is 5.69 Å². The molecular weight excluding hydrogens is 364 g/mol. The second kappa shape index (κ2) is 9.31. The summed E-state index contributed by atoms with van der Waals surface area (Å²) in [6, 6.07) is 13.7. The lowest BCUT2D eigenvalue weighted by atomic mass is 10.2. The minimum Gasteiger partial charge on any atom is -0.497 e. The maximum atomic E-state index is 10.3. The first-order chi connectivity index (χ1) is 13.0. The van der Waals surface area contributed by atoms with Gasteiger partial charge in [-0.1, -0.05) is 11.6 Å². The van der Waals surface area contributed by atoms with Gasteiger partial charge in [-0.2, -0.15) is 0 Å². The van der Waals surface area contributed by atoms with Gasteiger partial charge in [-0.15, -0.1) is 0 Å². The quantitative estimate of drug-likeness (QED) is 0.786. The van der Waals surface area contributed by atoms with Gasteiger partial charge in [0.1, 0.15) is 24.2 Å². The van der Waals surface area contributed by atoms with Gasteiger partial charge in [0.05, 0.1) is 7.11 Å². The topological polar surface area (TPSA) is 45.2 Å². The third-order valence-corrected chi connectivity index (χ3v) is 5.08. The third-order valence-electron chi connectivity index (χ3n) is 4.85. The molecule has 1 fully saturated rings. The number of piperazine rings is 1. The van der Waals surface area contributed by atoms with Crippen LogP contribution >= 0.6 is 11.6 Å². The number of hydrogen-bond donors (Lipinski definition) is 1. The second-order valence-electron chi connectivity index (χ2n) is 6.86. The Kier molecular flexibility index (Phi) is 6.83. The van der Waals surface area contributed by atoms with Crippen molar-refractivity contribution in [2.75, 3.05) is 51.3 Å². The van der Waals surface area contributed by atoms with Gasteiger partial charge in [0.2, 0.25) is 0 Å². The van der Waals surface area contributed by atoms with Crippen molar-refractivity contribution >= 4 is 17.3 Å². The Hall–Kier alpha value is -1.95. The van der Waals surface area contributed by atoms with Crippen molar-refractivity contribution in [1.82, 2.24) is 4.90 Å². The van der Waals surface area contributed by atoms with Crippen LogP contribution in [-0.2, 0) is 0 Å². The van der Waals surface area contributed by atoms with Gasteiger partial charge in [-0.05, 0) is 55.0 Å². The summed E-state index contributed by atoms with van der Waals surface area (Å²) in [5.41, 5.74) is 2.18. The molecule has 0 amide bonds. The van der Waals surface area contributed by atoms with Crippen molar-refractivity contribution in [3.63, 3.8) is 0 Å². The van der Waals surface area contributed by atoms with Gasteiger partial charge < -0.3 is 19.5 Å². The van der Waals surface area contributed by atoms with Crippen molar-refractivity contribution in [1.29, 1.82) is 0 Å². The molecule has 1 unspecified atom stereocenters. The summed E-state index contributed by atoms with van der Waals surface area (Å²) in [6.45, 7) is 6.56. The van der Waals surface area contributed by atoms with Gasteiger partial charge in [0.25, 0.3) is 0 Å². The van der Waals surface area contributed by atoms with Crippen LogP contribution in [0.15, 0.2) is 42.5 Å². The molecule has 6 heteroatoms. The van der Waals surface area contributed by atoms with Crippen LogP contribution in [0.3, 0.4) is 0 Å². The van der Waals surface area contributed by atoms with Crippen molar-refractivity contribution in [2.45, 2.75) is 13.0 Å². The van der Waals surface area contributed by atoms with Crippen molar-refractivity contribution in [2.24, 2.45) is 0 Å². The maximum absolute atomic E-state index is 10.3. The standard InChI is InChI=1S/C21H27ClN2O3/c1-16-13-17(22)3-8-21(16)27-15-19(25)14-23-9-11-24(12-10-23)18-4-6-20(26-2)7-5-18/h3-8,13,19,25H,9-12,14-15H2,1-2H3. The van der Waals surface area contributed by atoms with Crippen molar-refractivity contribution < 1.29 is 14.6 Å². The molecule has 3 rings (SSSR count). The van der Waals surface area contributed by atoms with E-state index in [0.29, 0.717) is 11.6 Å². The van der Waals surface area contributed by atoms with Crippen LogP contribution in [0.1, 0.15) is 5.56 Å². The molecule has 0 aromatic heterocycles. The Morgan fingerprint density at radius 2 is 1.78 bits per heavy atom. The molecule has 1 atom stereocenters. The van der Waals surface area contributed by atoms with Crippen molar-refractivity contribution in [3.05, 3.63) is 53.1 Å². The highest BCUT2D eigenvalue weighted by Gasteiger charge is 2.20. The monoisotopic (exact) mass is 390 g/mol. The predicted molar refractivity (Wildman–Crippen MR) is 109 cm³/mol. The average molecular weight is 391 g/mol. The van der Waals surface area contributed by atoms with E-state index in [4.69, 9.17) is 21.1 Å². The summed E-state index contributed by atoms with van der Waals surface area (Å²) in [6.07, 6.45) is -0.521. The van der Waals surface area contributed by atoms with Crippen LogP contribution in [-0.4, -0.2) is 62.6 Å². The highest BCUT2D eigenvalue weighted by molar-refractivity contribution is 6.30. The number of nitrogens with zero attached hydrogens (tertiary/aromatic N) is 2. The molecule has 146 valence electrons. The molecule has 1 aliphatic heterocycles. The summed E-state index contributed by atoms with van der Waals surface area (Å²) >= 11 is 5.96. The first-order valence-electron chi connectivity index (χ1n) is 9.23. The SMILES string of the molecule is COc1ccc(N2CCN(CC(O)COc3ccc(Cl)cc3C)CC2)cc1. The number of aliphatic hydroxyl groups excluding tert-OH is 1. The van der Waals surface area contributed by atoms with Crippen LogP contribution in [0.4, 0.5) is 5.69 Å². The Labute approximate surface area is 166 Å². The number of rotatable bonds is 7. The van der Waals surface area contributed by atoms with E-state index in [2.05, 4.69) is 21.9 Å². The molecule has 1 N–H and O–H groups in total. The van der Waals surface area contributed by atoms with Gasteiger partial charge >= 0.3 is 0 Å². The van der Waals surface area contributed by atoms with Gasteiger partial charge in [0.15, 0.2) is 0 Å². The Morgan fingerprint density at radius 3 is 2.41 bits per heavy atom. The molecule has 27 heavy (non-hydrogen) atoms. The first kappa shape index (κ1) is 19.8. The fourth-order valence-corrected chi connectivity index (χ4v) is 3.52. The molecule has 1 aliphatic rings. The number of halogens is 1. The number of hydrogen-bond acceptors (Lipinski definition) is 5. The summed E-state index contributed by atoms with van der Waals surface area (Å²) < 4.78 is 11.0. The van der Waals surface area contributed by atoms with E-state index in [0.717, 1.165) is 43.2 Å². The van der Waals surface area contributed by atoms with E-state index in [9.17, 15) is 5.11 Å². The van der Waals surface area contributed by atoms with Crippen LogP contribution in [0, 0.1) is 6.92 Å². The number of aliphatic hydroxyl groups is 1. The Balaban J connectivity index is 1.42. The average Bonchev–Trinajstić information content (AvgIpc) is 2.68. The summed E-state index contributed by atoms with van der Waals surface area (Å²) in [4.78, 5) is 4.64. The highest BCUT2D eigenvalue weighted by Crippen LogP contribution is 2.22. The van der Waals surface area contributed by atoms with E-state index in [1.54, 1.807) is 13.2 Å². The van der Waals surface area contributed by atoms with Gasteiger partial charge in [-0.25, -0.2) is 0 Å². The molecular formula is C21H27ClN2O3. The summed E-state index contributed by atoms with van der Waals surface area (Å²) in [5.74, 6) is 1.64. The highest BCUT2D eigenvalue weighted by atomic mass is 35.5. The lowest BCUT2D eigenvalue weighted by Gasteiger charge is -2.36. The fourth-order valence-electron chi connectivity index (χ4n) is 3.29. The number of benzene rings is 2. The zero-order valence-corrected chi connectivity index (χ0v) is 16.7. The molecule has 2 aromatic carbocycles. The molecule has 1 heterocycles. The maximum Gasteiger partial charge on any atom is 0.122 e. The molecule has 5 nitrogen and oxygen atoms in total. The molecule has 2 aromatic rings. The third kappa shape index (κ3) is 5.51. The van der Waals surface area contributed by atoms with Crippen LogP contribution in [0.2, 0.25) is 5.02 Å². The summed E-state index contributed by atoms with van der Waals surface area (Å²) in [5, 5.41) is 11.0. The largest absolute Gasteiger partial charge is 0.497 e. The molecule has 0 radical (unpaired) electrons. The second-order valence-corrected chi connectivity index (χ2v) is 7.30. The van der Waals surface area contributed by atoms with E-state index in [1.807, 2.05) is 31.2 Å². The first-order valence-corrected chi connectivity index (χ1v) is 9.61. The molecule has 0 aliphatic carbocycles. The Morgan fingerprint density at radius 1 is 1.07 bits per heavy atom. The molecule has 0 saturated carbocycles. The predicted octanol–water partition coefficient (Wildman–Crippen LogP) is 3.22. The number of methoxy groups -OCH3 is 1. The lowest BCUT2D eigenvalue weighted by molar-refractivity contribution is 0.0661. The van der Waals surface area contributed by atoms with Crippen LogP contribution in [0.5, 0.6) is 11.5 Å². The molecule has 0 bridgehead atoms. The normalized spacial score (nSPS) is 16.2. The molecule has 0 spiro atoms. The minimum absolute atomic E-state index is 0.279. The number of β-amino-alcohol motifs (C(OH)–C–C–N with tert-alkyl or cyclic N) is 1. The Bertz CT molecular complexity index is 731. The fraction of sp³-hybridized carbons (Fsp3) is 0.429. The lowest BCUT2D eigenvalue weighted by Crippen LogP contribution is -2.49. The van der Waals surface area contributed by atoms with E-state index in [-0.39, 0.29) is 6.61 Å². The van der Waals surface area contributed by atoms with E-state index < -0.39 is 6.10 Å². The van der Waals surface area contributed by atoms with Gasteiger partial charge in [-0.3, -0.25) is 4.90 Å². The van der Waals surface area contributed by atoms with E-state index >= 15 is 0 Å². The zero-order chi connectivity index (χ0) is 19.2. The van der Waals surface area contributed by atoms with Crippen LogP contribution < -0.4 is 14.4 Å². The van der Waals surface area contributed by atoms with Gasteiger partial charge in [0, 0.05) is 43.4 Å². The zero-order valence-electron chi connectivity index (χ0n) is 15.9. The summed E-state index contributed by atoms with van der Waals surface area (Å²) in [7, 11) is 1.68. The smallest absolute Gasteiger partial charge is 0.122 e. The number of aryl methyl sites for hydroxylation is 1.